The number of Topliss-reactive ketones (excluding diaryl/α,β-unsaturated/α-hetero) is 1. The standard InChI is InChI=1S/C29H28BrN7O5/c1-14(39)24-19-8-16(18-10-31-15(2)32-11-18)4-6-20(19)36(35-24)12-23(40)37-21(9-29(3)25(37)26(29)41)28(42)34-27-17(13-38)5-7-22(30)33-27/h4-8,10-11,21,25-26,38,41H,9,12-13H2,1-3H3,(H,33,34,42)/t21-,25+,26?,29+/m0/s1. The normalized spacial score (nSPS) is 22.7. The Hall–Kier alpha value is -4.07. The highest BCUT2D eigenvalue weighted by Crippen LogP contribution is 2.59. The third-order valence-corrected chi connectivity index (χ3v) is 8.68. The fourth-order valence-electron chi connectivity index (χ4n) is 5.88. The zero-order valence-corrected chi connectivity index (χ0v) is 24.7. The second-order valence-corrected chi connectivity index (χ2v) is 11.8. The molecule has 1 aliphatic carbocycles. The number of likely N-dealkylation sites (tertiary alicyclic amines) is 1. The molecule has 4 aromatic rings. The number of amides is 2. The third kappa shape index (κ3) is 4.67. The molecule has 1 aromatic carbocycles. The molecule has 3 aromatic heterocycles. The van der Waals surface area contributed by atoms with Crippen LogP contribution in [0, 0.1) is 12.3 Å². The van der Waals surface area contributed by atoms with Crippen molar-refractivity contribution in [2.24, 2.45) is 5.41 Å². The van der Waals surface area contributed by atoms with Crippen LogP contribution in [0.2, 0.25) is 0 Å². The number of anilines is 1. The number of ketones is 1. The number of carbonyl (C=O) groups is 3. The number of carbonyl (C=O) groups excluding carboxylic acids is 3. The Morgan fingerprint density at radius 1 is 1.14 bits per heavy atom. The van der Waals surface area contributed by atoms with E-state index in [0.29, 0.717) is 26.9 Å². The monoisotopic (exact) mass is 633 g/mol. The zero-order valence-electron chi connectivity index (χ0n) is 23.1. The lowest BCUT2D eigenvalue weighted by atomic mass is 10.0. The fraction of sp³-hybridized carbons (Fsp3) is 0.345. The van der Waals surface area contributed by atoms with Crippen molar-refractivity contribution < 1.29 is 24.6 Å². The largest absolute Gasteiger partial charge is 0.392 e. The van der Waals surface area contributed by atoms with Gasteiger partial charge in [-0.2, -0.15) is 5.10 Å². The van der Waals surface area contributed by atoms with Gasteiger partial charge in [0, 0.05) is 41.2 Å². The summed E-state index contributed by atoms with van der Waals surface area (Å²) >= 11 is 3.27. The van der Waals surface area contributed by atoms with Gasteiger partial charge in [-0.3, -0.25) is 19.1 Å². The summed E-state index contributed by atoms with van der Waals surface area (Å²) in [6.07, 6.45) is 2.91. The molecular formula is C29H28BrN7O5. The molecule has 1 saturated heterocycles. The van der Waals surface area contributed by atoms with E-state index < -0.39 is 35.4 Å². The molecule has 0 radical (unpaired) electrons. The van der Waals surface area contributed by atoms with Crippen molar-refractivity contribution in [3.63, 3.8) is 0 Å². The summed E-state index contributed by atoms with van der Waals surface area (Å²) in [6, 6.07) is 7.35. The van der Waals surface area contributed by atoms with E-state index >= 15 is 0 Å². The summed E-state index contributed by atoms with van der Waals surface area (Å²) in [4.78, 5) is 54.0. The first-order chi connectivity index (χ1) is 20.0. The van der Waals surface area contributed by atoms with Crippen LogP contribution in [0.5, 0.6) is 0 Å². The van der Waals surface area contributed by atoms with E-state index in [9.17, 15) is 24.6 Å². The Bertz CT molecular complexity index is 1760. The molecule has 12 nitrogen and oxygen atoms in total. The molecule has 2 fully saturated rings. The van der Waals surface area contributed by atoms with Gasteiger partial charge in [0.15, 0.2) is 5.78 Å². The number of aliphatic hydroxyl groups is 2. The number of aromatic nitrogens is 5. The molecule has 3 N–H and O–H groups in total. The average molecular weight is 634 g/mol. The number of fused-ring (bicyclic) bond motifs is 2. The highest BCUT2D eigenvalue weighted by atomic mass is 79.9. The third-order valence-electron chi connectivity index (χ3n) is 8.24. The Morgan fingerprint density at radius 2 is 1.88 bits per heavy atom. The first-order valence-electron chi connectivity index (χ1n) is 13.4. The smallest absolute Gasteiger partial charge is 0.248 e. The van der Waals surface area contributed by atoms with Crippen molar-refractivity contribution in [2.75, 3.05) is 5.32 Å². The molecule has 13 heteroatoms. The number of nitrogens with zero attached hydrogens (tertiary/aromatic N) is 6. The quantitative estimate of drug-likeness (QED) is 0.205. The lowest BCUT2D eigenvalue weighted by molar-refractivity contribution is -0.139. The average Bonchev–Trinajstić information content (AvgIpc) is 3.23. The van der Waals surface area contributed by atoms with Crippen LogP contribution >= 0.6 is 15.9 Å². The van der Waals surface area contributed by atoms with Crippen molar-refractivity contribution in [2.45, 2.75) is 58.5 Å². The highest BCUT2D eigenvalue weighted by molar-refractivity contribution is 9.10. The summed E-state index contributed by atoms with van der Waals surface area (Å²) in [5.41, 5.74) is 2.18. The van der Waals surface area contributed by atoms with Crippen LogP contribution in [-0.2, 0) is 22.7 Å². The number of aryl methyl sites for hydroxylation is 1. The number of piperidine rings is 1. The van der Waals surface area contributed by atoms with Crippen LogP contribution in [0.1, 0.15) is 42.1 Å². The van der Waals surface area contributed by atoms with E-state index in [1.807, 2.05) is 19.1 Å². The van der Waals surface area contributed by atoms with Gasteiger partial charge in [0.2, 0.25) is 11.8 Å². The molecule has 42 heavy (non-hydrogen) atoms. The minimum atomic E-state index is -0.870. The summed E-state index contributed by atoms with van der Waals surface area (Å²) in [5.74, 6) is -0.310. The Balaban J connectivity index is 1.30. The van der Waals surface area contributed by atoms with E-state index in [-0.39, 0.29) is 36.9 Å². The lowest BCUT2D eigenvalue weighted by Crippen LogP contribution is -2.48. The maximum absolute atomic E-state index is 13.8. The molecule has 1 unspecified atom stereocenters. The second kappa shape index (κ2) is 10.3. The van der Waals surface area contributed by atoms with Gasteiger partial charge in [-0.1, -0.05) is 19.1 Å². The Morgan fingerprint density at radius 3 is 2.57 bits per heavy atom. The van der Waals surface area contributed by atoms with Gasteiger partial charge < -0.3 is 20.4 Å². The first kappa shape index (κ1) is 28.1. The van der Waals surface area contributed by atoms with Gasteiger partial charge in [-0.25, -0.2) is 15.0 Å². The lowest BCUT2D eigenvalue weighted by Gasteiger charge is -2.28. The van der Waals surface area contributed by atoms with Gasteiger partial charge >= 0.3 is 0 Å². The van der Waals surface area contributed by atoms with Gasteiger partial charge in [0.25, 0.3) is 0 Å². The number of aliphatic hydroxyl groups excluding tert-OH is 2. The molecule has 1 aliphatic heterocycles. The minimum absolute atomic E-state index is 0.189. The van der Waals surface area contributed by atoms with Crippen LogP contribution in [-0.4, -0.2) is 75.6 Å². The van der Waals surface area contributed by atoms with E-state index in [1.54, 1.807) is 37.5 Å². The van der Waals surface area contributed by atoms with E-state index in [0.717, 1.165) is 11.1 Å². The molecule has 2 amide bonds. The molecule has 6 rings (SSSR count). The number of nitrogens with one attached hydrogen (secondary N) is 1. The Kier molecular flexibility index (Phi) is 6.90. The van der Waals surface area contributed by atoms with Gasteiger partial charge in [-0.05, 0) is 53.0 Å². The number of benzene rings is 1. The van der Waals surface area contributed by atoms with Gasteiger partial charge in [0.05, 0.1) is 24.3 Å². The molecular weight excluding hydrogens is 606 g/mol. The molecule has 2 aliphatic rings. The zero-order chi connectivity index (χ0) is 29.9. The molecule has 216 valence electrons. The fourth-order valence-corrected chi connectivity index (χ4v) is 6.18. The predicted molar refractivity (Wildman–Crippen MR) is 155 cm³/mol. The number of halogens is 1. The number of hydrogen-bond acceptors (Lipinski definition) is 9. The van der Waals surface area contributed by atoms with Gasteiger partial charge in [-0.15, -0.1) is 0 Å². The van der Waals surface area contributed by atoms with E-state index in [1.165, 1.54) is 16.5 Å². The van der Waals surface area contributed by atoms with Crippen molar-refractivity contribution in [1.82, 2.24) is 29.6 Å². The summed E-state index contributed by atoms with van der Waals surface area (Å²) in [5, 5.41) is 28.1. The summed E-state index contributed by atoms with van der Waals surface area (Å²) in [7, 11) is 0. The van der Waals surface area contributed by atoms with Crippen LogP contribution in [0.4, 0.5) is 5.82 Å². The highest BCUT2D eigenvalue weighted by Gasteiger charge is 2.72. The second-order valence-electron chi connectivity index (χ2n) is 11.0. The topological polar surface area (TPSA) is 163 Å². The van der Waals surface area contributed by atoms with E-state index in [2.05, 4.69) is 41.3 Å². The van der Waals surface area contributed by atoms with Crippen molar-refractivity contribution in [1.29, 1.82) is 0 Å². The predicted octanol–water partition coefficient (Wildman–Crippen LogP) is 2.64. The van der Waals surface area contributed by atoms with Gasteiger partial charge in [0.1, 0.15) is 34.5 Å². The first-order valence-corrected chi connectivity index (χ1v) is 14.2. The molecule has 4 atom stereocenters. The van der Waals surface area contributed by atoms with Crippen molar-refractivity contribution in [3.05, 3.63) is 64.4 Å². The molecule has 0 bridgehead atoms. The van der Waals surface area contributed by atoms with Crippen LogP contribution in [0.15, 0.2) is 47.3 Å². The summed E-state index contributed by atoms with van der Waals surface area (Å²) < 4.78 is 1.94. The number of pyridine rings is 1. The van der Waals surface area contributed by atoms with Crippen molar-refractivity contribution >= 4 is 50.2 Å². The van der Waals surface area contributed by atoms with Crippen LogP contribution in [0.3, 0.4) is 0 Å². The van der Waals surface area contributed by atoms with Crippen LogP contribution < -0.4 is 5.32 Å². The Labute approximate surface area is 248 Å². The minimum Gasteiger partial charge on any atom is -0.392 e. The molecule has 4 heterocycles. The maximum atomic E-state index is 13.8. The number of rotatable bonds is 7. The molecule has 0 spiro atoms. The van der Waals surface area contributed by atoms with Crippen molar-refractivity contribution in [3.8, 4) is 11.1 Å². The number of hydrogen-bond donors (Lipinski definition) is 3. The maximum Gasteiger partial charge on any atom is 0.248 e. The van der Waals surface area contributed by atoms with Crippen LogP contribution in [0.25, 0.3) is 22.0 Å². The molecule has 1 saturated carbocycles. The SMILES string of the molecule is CC(=O)c1nn(CC(=O)N2[C@H](C(=O)Nc3nc(Br)ccc3CO)C[C@@]3(C)C(O)[C@@H]23)c2ccc(-c3cnc(C)nc3)cc12. The van der Waals surface area contributed by atoms with E-state index in [4.69, 9.17) is 0 Å². The summed E-state index contributed by atoms with van der Waals surface area (Å²) in [6.45, 7) is 4.49.